The van der Waals surface area contributed by atoms with Crippen molar-refractivity contribution in [3.8, 4) is 11.5 Å². The maximum atomic E-state index is 13.3. The number of methoxy groups -OCH3 is 2. The lowest BCUT2D eigenvalue weighted by atomic mass is 9.99. The normalized spacial score (nSPS) is 17.6. The van der Waals surface area contributed by atoms with Crippen molar-refractivity contribution in [3.63, 3.8) is 0 Å². The molecule has 31 heavy (non-hydrogen) atoms. The Bertz CT molecular complexity index is 963. The van der Waals surface area contributed by atoms with Crippen LogP contribution < -0.4 is 9.47 Å². The average Bonchev–Trinajstić information content (AvgIpc) is 3.21. The molecule has 2 saturated heterocycles. The van der Waals surface area contributed by atoms with Gasteiger partial charge in [-0.1, -0.05) is 18.2 Å². The smallest absolute Gasteiger partial charge is 0.255 e. The minimum Gasteiger partial charge on any atom is -0.497 e. The number of hydrogen-bond donors (Lipinski definition) is 0. The van der Waals surface area contributed by atoms with E-state index < -0.39 is 0 Å². The second kappa shape index (κ2) is 8.83. The van der Waals surface area contributed by atoms with Gasteiger partial charge in [-0.25, -0.2) is 0 Å². The number of ether oxygens (including phenoxy) is 2. The SMILES string of the molecule is COc1cc(OC)cc(C(=O)N2CCC3(CC2)SCCN3C(=O)c2ccccc2C)c1. The van der Waals surface area contributed by atoms with Gasteiger partial charge >= 0.3 is 0 Å². The molecule has 2 heterocycles. The molecule has 7 heteroatoms. The van der Waals surface area contributed by atoms with Crippen molar-refractivity contribution >= 4 is 23.6 Å². The van der Waals surface area contributed by atoms with Crippen molar-refractivity contribution in [3.05, 3.63) is 59.2 Å². The highest BCUT2D eigenvalue weighted by Gasteiger charge is 2.47. The number of rotatable bonds is 4. The molecule has 4 rings (SSSR count). The van der Waals surface area contributed by atoms with Gasteiger partial charge in [0.05, 0.1) is 19.1 Å². The molecule has 0 saturated carbocycles. The molecule has 164 valence electrons. The average molecular weight is 441 g/mol. The molecule has 0 aliphatic carbocycles. The summed E-state index contributed by atoms with van der Waals surface area (Å²) in [6.07, 6.45) is 1.53. The van der Waals surface area contributed by atoms with Crippen LogP contribution in [0.5, 0.6) is 11.5 Å². The fraction of sp³-hybridized carbons (Fsp3) is 0.417. The highest BCUT2D eigenvalue weighted by molar-refractivity contribution is 8.00. The maximum Gasteiger partial charge on any atom is 0.255 e. The molecule has 1 spiro atoms. The summed E-state index contributed by atoms with van der Waals surface area (Å²) >= 11 is 1.85. The molecular formula is C24H28N2O4S. The molecule has 0 atom stereocenters. The van der Waals surface area contributed by atoms with Crippen LogP contribution in [0, 0.1) is 6.92 Å². The quantitative estimate of drug-likeness (QED) is 0.723. The summed E-state index contributed by atoms with van der Waals surface area (Å²) in [5, 5.41) is 0. The second-order valence-corrected chi connectivity index (χ2v) is 9.42. The number of piperidine rings is 1. The zero-order valence-corrected chi connectivity index (χ0v) is 19.0. The lowest BCUT2D eigenvalue weighted by Crippen LogP contribution is -2.53. The molecule has 6 nitrogen and oxygen atoms in total. The lowest BCUT2D eigenvalue weighted by molar-refractivity contribution is 0.0497. The molecule has 2 aliphatic heterocycles. The fourth-order valence-electron chi connectivity index (χ4n) is 4.44. The number of hydrogen-bond acceptors (Lipinski definition) is 5. The van der Waals surface area contributed by atoms with E-state index in [1.54, 1.807) is 32.4 Å². The van der Waals surface area contributed by atoms with Crippen LogP contribution in [0.25, 0.3) is 0 Å². The van der Waals surface area contributed by atoms with Gasteiger partial charge < -0.3 is 19.3 Å². The van der Waals surface area contributed by atoms with E-state index in [2.05, 4.69) is 0 Å². The molecule has 0 bridgehead atoms. The molecule has 2 fully saturated rings. The van der Waals surface area contributed by atoms with Crippen molar-refractivity contribution in [2.24, 2.45) is 0 Å². The lowest BCUT2D eigenvalue weighted by Gasteiger charge is -2.44. The van der Waals surface area contributed by atoms with Crippen LogP contribution in [-0.4, -0.2) is 66.1 Å². The van der Waals surface area contributed by atoms with E-state index >= 15 is 0 Å². The number of benzene rings is 2. The summed E-state index contributed by atoms with van der Waals surface area (Å²) in [7, 11) is 3.15. The minimum absolute atomic E-state index is 0.0353. The van der Waals surface area contributed by atoms with Crippen LogP contribution in [0.3, 0.4) is 0 Å². The second-order valence-electron chi connectivity index (χ2n) is 7.96. The summed E-state index contributed by atoms with van der Waals surface area (Å²) in [6.45, 7) is 3.96. The Morgan fingerprint density at radius 2 is 1.58 bits per heavy atom. The molecule has 2 aliphatic rings. The Morgan fingerprint density at radius 3 is 2.19 bits per heavy atom. The van der Waals surface area contributed by atoms with Gasteiger partial charge in [0.2, 0.25) is 0 Å². The number of carbonyl (C=O) groups excluding carboxylic acids is 2. The van der Waals surface area contributed by atoms with Gasteiger partial charge in [-0.15, -0.1) is 11.8 Å². The summed E-state index contributed by atoms with van der Waals surface area (Å²) in [4.78, 5) is 30.1. The van der Waals surface area contributed by atoms with Gasteiger partial charge in [0.1, 0.15) is 11.5 Å². The van der Waals surface area contributed by atoms with E-state index in [-0.39, 0.29) is 16.7 Å². The van der Waals surface area contributed by atoms with E-state index in [9.17, 15) is 9.59 Å². The van der Waals surface area contributed by atoms with Crippen LogP contribution >= 0.6 is 11.8 Å². The third-order valence-corrected chi connectivity index (χ3v) is 7.78. The summed E-state index contributed by atoms with van der Waals surface area (Å²) in [5.74, 6) is 2.18. The topological polar surface area (TPSA) is 59.1 Å². The first-order valence-electron chi connectivity index (χ1n) is 10.5. The zero-order valence-electron chi connectivity index (χ0n) is 18.2. The molecule has 2 aromatic carbocycles. The summed E-state index contributed by atoms with van der Waals surface area (Å²) < 4.78 is 10.6. The van der Waals surface area contributed by atoms with E-state index in [0.717, 1.165) is 36.3 Å². The highest BCUT2D eigenvalue weighted by Crippen LogP contribution is 2.45. The first kappa shape index (κ1) is 21.6. The molecule has 0 N–H and O–H groups in total. The number of carbonyl (C=O) groups is 2. The van der Waals surface area contributed by atoms with E-state index in [0.29, 0.717) is 30.2 Å². The van der Waals surface area contributed by atoms with Crippen LogP contribution in [-0.2, 0) is 0 Å². The van der Waals surface area contributed by atoms with Crippen molar-refractivity contribution < 1.29 is 19.1 Å². The predicted molar refractivity (Wildman–Crippen MR) is 122 cm³/mol. The van der Waals surface area contributed by atoms with E-state index in [4.69, 9.17) is 9.47 Å². The molecule has 0 unspecified atom stereocenters. The first-order chi connectivity index (χ1) is 15.0. The summed E-state index contributed by atoms with van der Waals surface area (Å²) in [5.41, 5.74) is 2.32. The van der Waals surface area contributed by atoms with Gasteiger partial charge in [0.25, 0.3) is 11.8 Å². The minimum atomic E-state index is -0.234. The zero-order chi connectivity index (χ0) is 22.0. The number of nitrogens with zero attached hydrogens (tertiary/aromatic N) is 2. The number of amides is 2. The van der Waals surface area contributed by atoms with Crippen molar-refractivity contribution in [2.45, 2.75) is 24.6 Å². The van der Waals surface area contributed by atoms with Crippen LogP contribution in [0.4, 0.5) is 0 Å². The van der Waals surface area contributed by atoms with Gasteiger partial charge in [0.15, 0.2) is 0 Å². The Morgan fingerprint density at radius 1 is 0.935 bits per heavy atom. The number of thioether (sulfide) groups is 1. The molecule has 2 amide bonds. The van der Waals surface area contributed by atoms with Crippen molar-refractivity contribution in [1.82, 2.24) is 9.80 Å². The third kappa shape index (κ3) is 4.11. The monoisotopic (exact) mass is 440 g/mol. The molecule has 0 aromatic heterocycles. The number of aryl methyl sites for hydroxylation is 1. The standard InChI is InChI=1S/C24H28N2O4S/c1-17-6-4-5-7-21(17)23(28)26-12-13-31-24(26)8-10-25(11-9-24)22(27)18-14-19(29-2)16-20(15-18)30-3/h4-7,14-16H,8-13H2,1-3H3. The van der Waals surface area contributed by atoms with Crippen molar-refractivity contribution in [1.29, 1.82) is 0 Å². The Labute approximate surface area is 187 Å². The van der Waals surface area contributed by atoms with Gasteiger partial charge in [0, 0.05) is 42.6 Å². The molecule has 0 radical (unpaired) electrons. The Kier molecular flexibility index (Phi) is 6.14. The van der Waals surface area contributed by atoms with Gasteiger partial charge in [-0.3, -0.25) is 9.59 Å². The van der Waals surface area contributed by atoms with Crippen molar-refractivity contribution in [2.75, 3.05) is 39.6 Å². The molecule has 2 aromatic rings. The highest BCUT2D eigenvalue weighted by atomic mass is 32.2. The van der Waals surface area contributed by atoms with E-state index in [1.807, 2.05) is 52.8 Å². The third-order valence-electron chi connectivity index (χ3n) is 6.23. The van der Waals surface area contributed by atoms with E-state index in [1.165, 1.54) is 0 Å². The number of likely N-dealkylation sites (tertiary alicyclic amines) is 1. The first-order valence-corrected chi connectivity index (χ1v) is 11.5. The van der Waals surface area contributed by atoms with Crippen LogP contribution in [0.1, 0.15) is 39.1 Å². The largest absolute Gasteiger partial charge is 0.497 e. The van der Waals surface area contributed by atoms with Gasteiger partial charge in [-0.2, -0.15) is 0 Å². The summed E-state index contributed by atoms with van der Waals surface area (Å²) in [6, 6.07) is 13.0. The Hall–Kier alpha value is -2.67. The van der Waals surface area contributed by atoms with Crippen LogP contribution in [0.15, 0.2) is 42.5 Å². The molecular weight excluding hydrogens is 412 g/mol. The maximum absolute atomic E-state index is 13.3. The van der Waals surface area contributed by atoms with Crippen LogP contribution in [0.2, 0.25) is 0 Å². The predicted octanol–water partition coefficient (Wildman–Crippen LogP) is 3.83. The fourth-order valence-corrected chi connectivity index (χ4v) is 5.90. The Balaban J connectivity index is 1.49. The van der Waals surface area contributed by atoms with Gasteiger partial charge in [-0.05, 0) is 43.5 Å².